The molecule has 0 aromatic carbocycles. The summed E-state index contributed by atoms with van der Waals surface area (Å²) in [6.45, 7) is 3.16. The second kappa shape index (κ2) is 3.44. The van der Waals surface area contributed by atoms with Crippen LogP contribution in [0.3, 0.4) is 0 Å². The molecule has 3 saturated heterocycles. The lowest BCUT2D eigenvalue weighted by molar-refractivity contribution is -0.267. The van der Waals surface area contributed by atoms with E-state index >= 15 is 0 Å². The van der Waals surface area contributed by atoms with Gasteiger partial charge in [0, 0.05) is 11.8 Å². The molecule has 3 heteroatoms. The molecule has 0 amide bonds. The number of ether oxygens (including phenoxy) is 3. The summed E-state index contributed by atoms with van der Waals surface area (Å²) in [5.41, 5.74) is 0. The fourth-order valence-corrected chi connectivity index (χ4v) is 4.41. The van der Waals surface area contributed by atoms with Gasteiger partial charge in [0.15, 0.2) is 12.6 Å². The molecule has 3 aliphatic heterocycles. The smallest absolute Gasteiger partial charge is 0.164 e. The summed E-state index contributed by atoms with van der Waals surface area (Å²) >= 11 is 0. The fourth-order valence-electron chi connectivity index (χ4n) is 4.41. The first-order valence-corrected chi connectivity index (χ1v) is 6.81. The first kappa shape index (κ1) is 9.86. The molecule has 0 aromatic heterocycles. The summed E-state index contributed by atoms with van der Waals surface area (Å²) in [6.07, 6.45) is 5.60. The van der Waals surface area contributed by atoms with Crippen molar-refractivity contribution in [1.82, 2.24) is 0 Å². The molecule has 2 bridgehead atoms. The maximum absolute atomic E-state index is 6.10. The van der Waals surface area contributed by atoms with E-state index in [1.165, 1.54) is 25.7 Å². The van der Waals surface area contributed by atoms with Crippen LogP contribution in [0.25, 0.3) is 0 Å². The maximum atomic E-state index is 6.10. The Bertz CT molecular complexity index is 293. The minimum absolute atomic E-state index is 0.0541. The topological polar surface area (TPSA) is 27.7 Å². The van der Waals surface area contributed by atoms with E-state index < -0.39 is 0 Å². The van der Waals surface area contributed by atoms with Gasteiger partial charge in [-0.25, -0.2) is 0 Å². The number of rotatable bonds is 3. The molecule has 4 fully saturated rings. The molecule has 16 heavy (non-hydrogen) atoms. The zero-order chi connectivity index (χ0) is 10.7. The molecule has 0 N–H and O–H groups in total. The van der Waals surface area contributed by atoms with E-state index in [9.17, 15) is 0 Å². The molecule has 1 aliphatic carbocycles. The van der Waals surface area contributed by atoms with Crippen LogP contribution in [0.4, 0.5) is 0 Å². The average Bonchev–Trinajstić information content (AvgIpc) is 2.90. The van der Waals surface area contributed by atoms with E-state index in [0.29, 0.717) is 17.9 Å². The summed E-state index contributed by atoms with van der Waals surface area (Å²) < 4.78 is 17.8. The summed E-state index contributed by atoms with van der Waals surface area (Å²) in [4.78, 5) is 0. The van der Waals surface area contributed by atoms with Gasteiger partial charge in [-0.15, -0.1) is 0 Å². The molecule has 0 spiro atoms. The van der Waals surface area contributed by atoms with Crippen molar-refractivity contribution in [3.63, 3.8) is 0 Å². The SMILES string of the molecule is CCCC[C@H]1O[C@@H]2O[C@@H]3OC[C@H]4[C@@H]3C[C@@H]2[C@H]41. The molecule has 7 atom stereocenters. The minimum atomic E-state index is 0.0541. The highest BCUT2D eigenvalue weighted by Gasteiger charge is 2.64. The van der Waals surface area contributed by atoms with Crippen molar-refractivity contribution in [2.24, 2.45) is 23.7 Å². The second-order valence-electron chi connectivity index (χ2n) is 5.83. The minimum Gasteiger partial charge on any atom is -0.352 e. The van der Waals surface area contributed by atoms with Gasteiger partial charge >= 0.3 is 0 Å². The molecular formula is C13H20O3. The van der Waals surface area contributed by atoms with Crippen LogP contribution in [-0.4, -0.2) is 25.3 Å². The first-order valence-electron chi connectivity index (χ1n) is 6.81. The maximum Gasteiger partial charge on any atom is 0.164 e. The van der Waals surface area contributed by atoms with Crippen LogP contribution in [0.1, 0.15) is 32.6 Å². The van der Waals surface area contributed by atoms with Gasteiger partial charge in [-0.1, -0.05) is 19.8 Å². The van der Waals surface area contributed by atoms with E-state index in [1.54, 1.807) is 0 Å². The molecule has 90 valence electrons. The lowest BCUT2D eigenvalue weighted by Crippen LogP contribution is -2.35. The third-order valence-electron chi connectivity index (χ3n) is 5.08. The highest BCUT2D eigenvalue weighted by molar-refractivity contribution is 5.05. The Kier molecular flexibility index (Phi) is 2.12. The Hall–Kier alpha value is -0.120. The van der Waals surface area contributed by atoms with Crippen LogP contribution in [0.5, 0.6) is 0 Å². The Labute approximate surface area is 96.4 Å². The van der Waals surface area contributed by atoms with Crippen molar-refractivity contribution in [1.29, 1.82) is 0 Å². The van der Waals surface area contributed by atoms with Gasteiger partial charge in [0.05, 0.1) is 12.7 Å². The summed E-state index contributed by atoms with van der Waals surface area (Å²) in [7, 11) is 0. The van der Waals surface area contributed by atoms with Crippen LogP contribution in [0, 0.1) is 23.7 Å². The standard InChI is InChI=1S/C13H20O3/c1-2-3-4-10-11-8-5-7-9(11)6-14-12(7)16-13(8)15-10/h7-13H,2-6H2,1H3/t7-,8+,9-,10+,11+,12-,13+/m0/s1. The third-order valence-corrected chi connectivity index (χ3v) is 5.08. The monoisotopic (exact) mass is 224 g/mol. The first-order chi connectivity index (χ1) is 7.88. The number of hydrogen-bond acceptors (Lipinski definition) is 3. The van der Waals surface area contributed by atoms with Crippen molar-refractivity contribution in [3.8, 4) is 0 Å². The Morgan fingerprint density at radius 1 is 1.06 bits per heavy atom. The highest BCUT2D eigenvalue weighted by Crippen LogP contribution is 2.59. The number of fused-ring (bicyclic) bond motifs is 1. The van der Waals surface area contributed by atoms with E-state index in [-0.39, 0.29) is 12.6 Å². The predicted molar refractivity (Wildman–Crippen MR) is 57.6 cm³/mol. The molecule has 3 nitrogen and oxygen atoms in total. The average molecular weight is 224 g/mol. The zero-order valence-corrected chi connectivity index (χ0v) is 9.80. The zero-order valence-electron chi connectivity index (χ0n) is 9.80. The summed E-state index contributed by atoms with van der Waals surface area (Å²) in [6, 6.07) is 0. The molecule has 0 unspecified atom stereocenters. The van der Waals surface area contributed by atoms with Crippen LogP contribution < -0.4 is 0 Å². The Morgan fingerprint density at radius 2 is 2.00 bits per heavy atom. The van der Waals surface area contributed by atoms with Crippen LogP contribution in [0.15, 0.2) is 0 Å². The largest absolute Gasteiger partial charge is 0.352 e. The molecule has 3 heterocycles. The van der Waals surface area contributed by atoms with E-state index in [0.717, 1.165) is 18.4 Å². The van der Waals surface area contributed by atoms with Crippen molar-refractivity contribution in [2.75, 3.05) is 6.61 Å². The van der Waals surface area contributed by atoms with Gasteiger partial charge in [-0.2, -0.15) is 0 Å². The molecule has 4 rings (SSSR count). The van der Waals surface area contributed by atoms with Crippen LogP contribution >= 0.6 is 0 Å². The molecule has 0 aromatic rings. The van der Waals surface area contributed by atoms with Gasteiger partial charge < -0.3 is 14.2 Å². The lowest BCUT2D eigenvalue weighted by Gasteiger charge is -2.30. The van der Waals surface area contributed by atoms with Crippen molar-refractivity contribution < 1.29 is 14.2 Å². The van der Waals surface area contributed by atoms with Gasteiger partial charge in [0.25, 0.3) is 0 Å². The summed E-state index contributed by atoms with van der Waals surface area (Å²) in [5.74, 6) is 2.81. The van der Waals surface area contributed by atoms with Crippen molar-refractivity contribution >= 4 is 0 Å². The van der Waals surface area contributed by atoms with Gasteiger partial charge in [-0.3, -0.25) is 0 Å². The Morgan fingerprint density at radius 3 is 2.88 bits per heavy atom. The third kappa shape index (κ3) is 1.14. The van der Waals surface area contributed by atoms with E-state index in [1.807, 2.05) is 0 Å². The van der Waals surface area contributed by atoms with E-state index in [4.69, 9.17) is 14.2 Å². The highest BCUT2D eigenvalue weighted by atomic mass is 16.8. The second-order valence-corrected chi connectivity index (χ2v) is 5.83. The molecule has 0 radical (unpaired) electrons. The quantitative estimate of drug-likeness (QED) is 0.735. The van der Waals surface area contributed by atoms with Crippen molar-refractivity contribution in [3.05, 3.63) is 0 Å². The van der Waals surface area contributed by atoms with Crippen molar-refractivity contribution in [2.45, 2.75) is 51.3 Å². The van der Waals surface area contributed by atoms with Gasteiger partial charge in [-0.05, 0) is 24.7 Å². The van der Waals surface area contributed by atoms with Crippen LogP contribution in [0.2, 0.25) is 0 Å². The normalized spacial score (nSPS) is 57.2. The molecule has 4 aliphatic rings. The number of hydrogen-bond donors (Lipinski definition) is 0. The lowest BCUT2D eigenvalue weighted by atomic mass is 9.84. The number of unbranched alkanes of at least 4 members (excludes halogenated alkanes) is 1. The summed E-state index contributed by atoms with van der Waals surface area (Å²) in [5, 5.41) is 0. The fraction of sp³-hybridized carbons (Fsp3) is 1.00. The molecule has 1 saturated carbocycles. The molecular weight excluding hydrogens is 204 g/mol. The Balaban J connectivity index is 1.59. The van der Waals surface area contributed by atoms with Crippen LogP contribution in [-0.2, 0) is 14.2 Å². The predicted octanol–water partition coefficient (Wildman–Crippen LogP) is 2.16. The van der Waals surface area contributed by atoms with Gasteiger partial charge in [0.2, 0.25) is 0 Å². The van der Waals surface area contributed by atoms with E-state index in [2.05, 4.69) is 6.92 Å². The van der Waals surface area contributed by atoms with Gasteiger partial charge in [0.1, 0.15) is 0 Å².